The van der Waals surface area contributed by atoms with Gasteiger partial charge in [-0.1, -0.05) is 18.2 Å². The quantitative estimate of drug-likeness (QED) is 0.794. The summed E-state index contributed by atoms with van der Waals surface area (Å²) in [5.41, 5.74) is 3.13. The number of para-hydroxylation sites is 1. The van der Waals surface area contributed by atoms with E-state index in [0.29, 0.717) is 0 Å². The number of aliphatic hydroxyl groups is 1. The highest BCUT2D eigenvalue weighted by molar-refractivity contribution is 5.82. The zero-order chi connectivity index (χ0) is 13.0. The molecule has 2 aromatic rings. The molecule has 1 atom stereocenters. The van der Waals surface area contributed by atoms with E-state index in [1.54, 1.807) is 0 Å². The number of hydrogen-bond donors (Lipinski definition) is 2. The second-order valence-corrected chi connectivity index (χ2v) is 4.73. The molecule has 2 N–H and O–H groups in total. The molecule has 1 unspecified atom stereocenters. The molecule has 3 nitrogen and oxygen atoms in total. The number of aromatic nitrogens is 1. The van der Waals surface area contributed by atoms with Crippen molar-refractivity contribution in [2.75, 3.05) is 11.9 Å². The molecule has 1 aromatic heterocycles. The van der Waals surface area contributed by atoms with Crippen molar-refractivity contribution in [1.29, 1.82) is 0 Å². The van der Waals surface area contributed by atoms with E-state index < -0.39 is 0 Å². The first-order valence-corrected chi connectivity index (χ1v) is 6.45. The van der Waals surface area contributed by atoms with Gasteiger partial charge >= 0.3 is 0 Å². The number of benzene rings is 1. The highest BCUT2D eigenvalue weighted by Crippen LogP contribution is 2.20. The molecule has 1 heterocycles. The summed E-state index contributed by atoms with van der Waals surface area (Å²) >= 11 is 0. The summed E-state index contributed by atoms with van der Waals surface area (Å²) in [5.74, 6) is 0. The van der Waals surface area contributed by atoms with Crippen LogP contribution in [-0.4, -0.2) is 22.7 Å². The molecule has 0 radical (unpaired) electrons. The van der Waals surface area contributed by atoms with Gasteiger partial charge in [-0.25, -0.2) is 0 Å². The highest BCUT2D eigenvalue weighted by atomic mass is 16.3. The summed E-state index contributed by atoms with van der Waals surface area (Å²) in [6.45, 7) is 4.71. The highest BCUT2D eigenvalue weighted by Gasteiger charge is 2.02. The minimum absolute atomic E-state index is 0.220. The van der Waals surface area contributed by atoms with Crippen molar-refractivity contribution < 1.29 is 5.11 Å². The molecule has 2 rings (SSSR count). The van der Waals surface area contributed by atoms with Crippen LogP contribution in [0.15, 0.2) is 30.3 Å². The Bertz CT molecular complexity index is 523. The van der Waals surface area contributed by atoms with Gasteiger partial charge in [0.15, 0.2) is 0 Å². The van der Waals surface area contributed by atoms with Crippen molar-refractivity contribution in [3.05, 3.63) is 36.0 Å². The van der Waals surface area contributed by atoms with Gasteiger partial charge in [-0.2, -0.15) is 0 Å². The summed E-state index contributed by atoms with van der Waals surface area (Å²) in [4.78, 5) is 4.58. The number of nitrogens with one attached hydrogen (secondary N) is 1. The van der Waals surface area contributed by atoms with Gasteiger partial charge in [0.25, 0.3) is 0 Å². The Morgan fingerprint density at radius 3 is 2.89 bits per heavy atom. The van der Waals surface area contributed by atoms with Crippen molar-refractivity contribution in [2.45, 2.75) is 32.8 Å². The fourth-order valence-corrected chi connectivity index (χ4v) is 2.01. The summed E-state index contributed by atoms with van der Waals surface area (Å²) in [6.07, 6.45) is 1.57. The third-order valence-electron chi connectivity index (χ3n) is 3.03. The number of aryl methyl sites for hydroxylation is 1. The summed E-state index contributed by atoms with van der Waals surface area (Å²) in [5, 5.41) is 13.7. The molecule has 18 heavy (non-hydrogen) atoms. The van der Waals surface area contributed by atoms with E-state index >= 15 is 0 Å². The summed E-state index contributed by atoms with van der Waals surface area (Å²) in [6, 6.07) is 10.3. The first-order chi connectivity index (χ1) is 8.66. The minimum Gasteiger partial charge on any atom is -0.393 e. The first-order valence-electron chi connectivity index (χ1n) is 6.45. The van der Waals surface area contributed by atoms with Gasteiger partial charge in [0.2, 0.25) is 0 Å². The smallest absolute Gasteiger partial charge is 0.0706 e. The Morgan fingerprint density at radius 1 is 1.33 bits per heavy atom. The molecule has 0 fully saturated rings. The average Bonchev–Trinajstić information content (AvgIpc) is 2.34. The molecule has 96 valence electrons. The Balaban J connectivity index is 2.06. The molecule has 0 bridgehead atoms. The molecular formula is C15H20N2O. The van der Waals surface area contributed by atoms with Crippen molar-refractivity contribution in [3.8, 4) is 0 Å². The molecule has 0 amide bonds. The van der Waals surface area contributed by atoms with Gasteiger partial charge in [0.1, 0.15) is 0 Å². The predicted molar refractivity (Wildman–Crippen MR) is 75.9 cm³/mol. The Morgan fingerprint density at radius 2 is 2.11 bits per heavy atom. The number of nitrogens with zero attached hydrogens (tertiary/aromatic N) is 1. The standard InChI is InChI=1S/C15H20N2O/c1-11(18)6-5-9-16-15-10-13-7-3-4-8-14(13)17-12(15)2/h3-4,7-8,10-11,16,18H,5-6,9H2,1-2H3. The van der Waals surface area contributed by atoms with E-state index in [1.165, 1.54) is 0 Å². The number of fused-ring (bicyclic) bond motifs is 1. The third kappa shape index (κ3) is 3.20. The lowest BCUT2D eigenvalue weighted by Crippen LogP contribution is -2.07. The molecular weight excluding hydrogens is 224 g/mol. The van der Waals surface area contributed by atoms with Crippen LogP contribution in [0, 0.1) is 6.92 Å². The fourth-order valence-electron chi connectivity index (χ4n) is 2.01. The van der Waals surface area contributed by atoms with Crippen molar-refractivity contribution >= 4 is 16.6 Å². The molecule has 0 aliphatic carbocycles. The molecule has 3 heteroatoms. The molecule has 0 saturated heterocycles. The lowest BCUT2D eigenvalue weighted by atomic mass is 10.1. The normalized spacial score (nSPS) is 12.6. The largest absolute Gasteiger partial charge is 0.393 e. The van der Waals surface area contributed by atoms with E-state index in [1.807, 2.05) is 32.0 Å². The van der Waals surface area contributed by atoms with Crippen molar-refractivity contribution in [2.24, 2.45) is 0 Å². The van der Waals surface area contributed by atoms with Crippen molar-refractivity contribution in [1.82, 2.24) is 4.98 Å². The molecule has 0 aliphatic rings. The van der Waals surface area contributed by atoms with Crippen LogP contribution in [-0.2, 0) is 0 Å². The Kier molecular flexibility index (Phi) is 4.15. The van der Waals surface area contributed by atoms with E-state index in [2.05, 4.69) is 22.4 Å². The van der Waals surface area contributed by atoms with E-state index in [-0.39, 0.29) is 6.10 Å². The molecule has 1 aromatic carbocycles. The third-order valence-corrected chi connectivity index (χ3v) is 3.03. The van der Waals surface area contributed by atoms with Gasteiger partial charge in [-0.05, 0) is 38.8 Å². The van der Waals surface area contributed by atoms with E-state index in [4.69, 9.17) is 0 Å². The first kappa shape index (κ1) is 12.8. The van der Waals surface area contributed by atoms with Crippen LogP contribution in [0.25, 0.3) is 10.9 Å². The number of aliphatic hydroxyl groups excluding tert-OH is 1. The van der Waals surface area contributed by atoms with Crippen LogP contribution < -0.4 is 5.32 Å². The SMILES string of the molecule is Cc1nc2ccccc2cc1NCCCC(C)O. The van der Waals surface area contributed by atoms with Crippen LogP contribution in [0.4, 0.5) is 5.69 Å². The van der Waals surface area contributed by atoms with Gasteiger partial charge in [0, 0.05) is 11.9 Å². The second-order valence-electron chi connectivity index (χ2n) is 4.73. The Labute approximate surface area is 108 Å². The maximum atomic E-state index is 9.21. The number of anilines is 1. The van der Waals surface area contributed by atoms with Crippen LogP contribution >= 0.6 is 0 Å². The Hall–Kier alpha value is -1.61. The van der Waals surface area contributed by atoms with Crippen LogP contribution in [0.1, 0.15) is 25.5 Å². The van der Waals surface area contributed by atoms with E-state index in [0.717, 1.165) is 41.7 Å². The molecule has 0 saturated carbocycles. The number of pyridine rings is 1. The van der Waals surface area contributed by atoms with Crippen LogP contribution in [0.5, 0.6) is 0 Å². The fraction of sp³-hybridized carbons (Fsp3) is 0.400. The molecule has 0 spiro atoms. The lowest BCUT2D eigenvalue weighted by Gasteiger charge is -2.11. The van der Waals surface area contributed by atoms with Gasteiger partial charge in [-0.3, -0.25) is 4.98 Å². The number of hydrogen-bond acceptors (Lipinski definition) is 3. The van der Waals surface area contributed by atoms with Crippen molar-refractivity contribution in [3.63, 3.8) is 0 Å². The number of rotatable bonds is 5. The molecule has 0 aliphatic heterocycles. The summed E-state index contributed by atoms with van der Waals surface area (Å²) in [7, 11) is 0. The van der Waals surface area contributed by atoms with E-state index in [9.17, 15) is 5.11 Å². The maximum Gasteiger partial charge on any atom is 0.0706 e. The average molecular weight is 244 g/mol. The van der Waals surface area contributed by atoms with Gasteiger partial charge in [-0.15, -0.1) is 0 Å². The monoisotopic (exact) mass is 244 g/mol. The maximum absolute atomic E-state index is 9.21. The lowest BCUT2D eigenvalue weighted by molar-refractivity contribution is 0.183. The van der Waals surface area contributed by atoms with Crippen LogP contribution in [0.2, 0.25) is 0 Å². The second kappa shape index (κ2) is 5.83. The minimum atomic E-state index is -0.220. The predicted octanol–water partition coefficient (Wildman–Crippen LogP) is 3.12. The van der Waals surface area contributed by atoms with Gasteiger partial charge < -0.3 is 10.4 Å². The zero-order valence-corrected chi connectivity index (χ0v) is 11.0. The van der Waals surface area contributed by atoms with Crippen LogP contribution in [0.3, 0.4) is 0 Å². The zero-order valence-electron chi connectivity index (χ0n) is 11.0. The summed E-state index contributed by atoms with van der Waals surface area (Å²) < 4.78 is 0. The topological polar surface area (TPSA) is 45.2 Å². The van der Waals surface area contributed by atoms with Gasteiger partial charge in [0.05, 0.1) is 23.0 Å².